The molecule has 1 aromatic rings. The molecule has 22 heavy (non-hydrogen) atoms. The highest BCUT2D eigenvalue weighted by molar-refractivity contribution is 7.89. The second-order valence-corrected chi connectivity index (χ2v) is 8.92. The second kappa shape index (κ2) is 5.08. The zero-order valence-corrected chi connectivity index (χ0v) is 13.6. The van der Waals surface area contributed by atoms with Crippen LogP contribution in [0.2, 0.25) is 0 Å². The summed E-state index contributed by atoms with van der Waals surface area (Å²) in [7, 11) is -3.55. The lowest BCUT2D eigenvalue weighted by molar-refractivity contribution is 0.242. The monoisotopic (exact) mass is 318 g/mol. The number of hydrazone groups is 1. The average molecular weight is 318 g/mol. The second-order valence-electron chi connectivity index (χ2n) is 7.26. The van der Waals surface area contributed by atoms with Gasteiger partial charge in [0.25, 0.3) is 10.0 Å². The molecule has 0 spiro atoms. The Kier molecular flexibility index (Phi) is 3.29. The van der Waals surface area contributed by atoms with Gasteiger partial charge >= 0.3 is 0 Å². The molecule has 3 aliphatic rings. The third kappa shape index (κ3) is 2.45. The van der Waals surface area contributed by atoms with E-state index >= 15 is 0 Å². The Hall–Kier alpha value is -1.36. The van der Waals surface area contributed by atoms with Gasteiger partial charge in [-0.25, -0.2) is 4.83 Å². The summed E-state index contributed by atoms with van der Waals surface area (Å²) in [6.45, 7) is 1.94. The van der Waals surface area contributed by atoms with Crippen molar-refractivity contribution >= 4 is 15.7 Å². The van der Waals surface area contributed by atoms with Gasteiger partial charge in [0.2, 0.25) is 0 Å². The molecule has 3 bridgehead atoms. The summed E-state index contributed by atoms with van der Waals surface area (Å²) in [5, 5.41) is 4.35. The Morgan fingerprint density at radius 1 is 1.05 bits per heavy atom. The van der Waals surface area contributed by atoms with Gasteiger partial charge in [0, 0.05) is 11.6 Å². The summed E-state index contributed by atoms with van der Waals surface area (Å²) in [6.07, 6.45) is 6.16. The van der Waals surface area contributed by atoms with Crippen molar-refractivity contribution in [2.45, 2.75) is 43.9 Å². The fraction of sp³-hybridized carbons (Fsp3) is 0.588. The summed E-state index contributed by atoms with van der Waals surface area (Å²) in [5.41, 5.74) is 2.14. The number of nitrogens with one attached hydrogen (secondary N) is 1. The molecule has 3 fully saturated rings. The molecule has 0 amide bonds. The van der Waals surface area contributed by atoms with Gasteiger partial charge in [-0.2, -0.15) is 13.5 Å². The average Bonchev–Trinajstić information content (AvgIpc) is 2.70. The SMILES string of the molecule is Cc1ccc(S(=O)(=O)N/N=C2\C[C@H]3C[C@@H]4C[C@H](C3)[C@H]2C4)cc1. The molecule has 1 aromatic carbocycles. The van der Waals surface area contributed by atoms with E-state index < -0.39 is 10.0 Å². The molecule has 4 atom stereocenters. The molecule has 0 saturated heterocycles. The van der Waals surface area contributed by atoms with E-state index in [9.17, 15) is 8.42 Å². The van der Waals surface area contributed by atoms with Crippen LogP contribution in [0.5, 0.6) is 0 Å². The van der Waals surface area contributed by atoms with Crippen LogP contribution >= 0.6 is 0 Å². The van der Waals surface area contributed by atoms with Gasteiger partial charge in [-0.3, -0.25) is 0 Å². The molecule has 3 saturated carbocycles. The quantitative estimate of drug-likeness (QED) is 0.871. The molecule has 1 N–H and O–H groups in total. The standard InChI is InChI=1S/C17H22N2O2S/c1-11-2-4-15(5-3-11)22(20,21)19-18-17-10-13-6-12-7-14(8-13)16(17)9-12/h2-5,12-14,16,19H,6-10H2,1H3/b18-17+/t12-,13+,14-,16-/m1/s1. The minimum atomic E-state index is -3.55. The number of nitrogens with zero attached hydrogens (tertiary/aromatic N) is 1. The van der Waals surface area contributed by atoms with E-state index in [1.165, 1.54) is 25.7 Å². The maximum atomic E-state index is 12.4. The zero-order chi connectivity index (χ0) is 15.3. The van der Waals surface area contributed by atoms with E-state index in [4.69, 9.17) is 0 Å². The molecule has 4 rings (SSSR count). The highest BCUT2D eigenvalue weighted by atomic mass is 32.2. The number of sulfonamides is 1. The molecular formula is C17H22N2O2S. The minimum absolute atomic E-state index is 0.283. The predicted octanol–water partition coefficient (Wildman–Crippen LogP) is 3.09. The summed E-state index contributed by atoms with van der Waals surface area (Å²) >= 11 is 0. The molecule has 0 radical (unpaired) electrons. The Balaban J connectivity index is 1.55. The van der Waals surface area contributed by atoms with Crippen molar-refractivity contribution in [3.05, 3.63) is 29.8 Å². The number of hydrogen-bond acceptors (Lipinski definition) is 3. The van der Waals surface area contributed by atoms with E-state index in [1.807, 2.05) is 19.1 Å². The molecule has 4 nitrogen and oxygen atoms in total. The third-order valence-corrected chi connectivity index (χ3v) is 6.89. The van der Waals surface area contributed by atoms with Crippen LogP contribution in [-0.2, 0) is 10.0 Å². The van der Waals surface area contributed by atoms with E-state index in [-0.39, 0.29) is 4.90 Å². The van der Waals surface area contributed by atoms with Crippen LogP contribution in [0.4, 0.5) is 0 Å². The normalized spacial score (nSPS) is 35.0. The van der Waals surface area contributed by atoms with Gasteiger partial charge in [-0.1, -0.05) is 17.7 Å². The predicted molar refractivity (Wildman–Crippen MR) is 86.0 cm³/mol. The molecular weight excluding hydrogens is 296 g/mol. The maximum absolute atomic E-state index is 12.4. The lowest BCUT2D eigenvalue weighted by atomic mass is 9.71. The zero-order valence-electron chi connectivity index (χ0n) is 12.8. The van der Waals surface area contributed by atoms with Crippen LogP contribution in [0, 0.1) is 30.6 Å². The van der Waals surface area contributed by atoms with Gasteiger partial charge in [0.1, 0.15) is 0 Å². The smallest absolute Gasteiger partial charge is 0.200 e. The molecule has 5 heteroatoms. The molecule has 0 unspecified atom stereocenters. The van der Waals surface area contributed by atoms with Crippen LogP contribution < -0.4 is 4.83 Å². The van der Waals surface area contributed by atoms with E-state index in [0.29, 0.717) is 5.92 Å². The van der Waals surface area contributed by atoms with Gasteiger partial charge in [0.05, 0.1) is 4.90 Å². The highest BCUT2D eigenvalue weighted by Gasteiger charge is 2.47. The number of rotatable bonds is 3. The topological polar surface area (TPSA) is 58.5 Å². The van der Waals surface area contributed by atoms with Crippen molar-refractivity contribution in [3.8, 4) is 0 Å². The van der Waals surface area contributed by atoms with Crippen molar-refractivity contribution in [3.63, 3.8) is 0 Å². The van der Waals surface area contributed by atoms with Crippen LogP contribution in [0.15, 0.2) is 34.3 Å². The van der Waals surface area contributed by atoms with Crippen molar-refractivity contribution in [2.24, 2.45) is 28.8 Å². The Labute approximate surface area is 132 Å². The van der Waals surface area contributed by atoms with Gasteiger partial charge in [-0.15, -0.1) is 0 Å². The van der Waals surface area contributed by atoms with Crippen molar-refractivity contribution < 1.29 is 8.42 Å². The fourth-order valence-corrected chi connectivity index (χ4v) is 5.57. The first kappa shape index (κ1) is 14.2. The third-order valence-electron chi connectivity index (χ3n) is 5.66. The summed E-state index contributed by atoms with van der Waals surface area (Å²) in [4.78, 5) is 2.76. The van der Waals surface area contributed by atoms with Crippen LogP contribution in [0.3, 0.4) is 0 Å². The van der Waals surface area contributed by atoms with Gasteiger partial charge in [0.15, 0.2) is 0 Å². The Morgan fingerprint density at radius 2 is 1.77 bits per heavy atom. The van der Waals surface area contributed by atoms with Crippen LogP contribution in [-0.4, -0.2) is 14.1 Å². The van der Waals surface area contributed by atoms with Gasteiger partial charge in [-0.05, 0) is 68.9 Å². The maximum Gasteiger partial charge on any atom is 0.276 e. The Morgan fingerprint density at radius 3 is 2.55 bits per heavy atom. The lowest BCUT2D eigenvalue weighted by Gasteiger charge is -2.34. The van der Waals surface area contributed by atoms with Crippen molar-refractivity contribution in [1.82, 2.24) is 4.83 Å². The molecule has 0 heterocycles. The van der Waals surface area contributed by atoms with Crippen LogP contribution in [0.25, 0.3) is 0 Å². The highest BCUT2D eigenvalue weighted by Crippen LogP contribution is 2.53. The number of fused-ring (bicyclic) bond motifs is 2. The first-order chi connectivity index (χ1) is 10.5. The number of aryl methyl sites for hydroxylation is 1. The first-order valence-corrected chi connectivity index (χ1v) is 9.64. The van der Waals surface area contributed by atoms with Crippen molar-refractivity contribution in [1.29, 1.82) is 0 Å². The van der Waals surface area contributed by atoms with E-state index in [0.717, 1.165) is 35.4 Å². The van der Waals surface area contributed by atoms with Crippen LogP contribution in [0.1, 0.15) is 37.7 Å². The van der Waals surface area contributed by atoms with E-state index in [2.05, 4.69) is 9.93 Å². The molecule has 118 valence electrons. The first-order valence-electron chi connectivity index (χ1n) is 8.16. The summed E-state index contributed by atoms with van der Waals surface area (Å²) < 4.78 is 24.7. The number of benzene rings is 1. The molecule has 3 aliphatic carbocycles. The fourth-order valence-electron chi connectivity index (χ4n) is 4.73. The molecule has 0 aliphatic heterocycles. The number of hydrogen-bond donors (Lipinski definition) is 1. The van der Waals surface area contributed by atoms with Crippen molar-refractivity contribution in [2.75, 3.05) is 0 Å². The minimum Gasteiger partial charge on any atom is -0.200 e. The summed E-state index contributed by atoms with van der Waals surface area (Å²) in [6, 6.07) is 6.89. The molecule has 0 aromatic heterocycles. The summed E-state index contributed by atoms with van der Waals surface area (Å²) in [5.74, 6) is 2.85. The van der Waals surface area contributed by atoms with Gasteiger partial charge < -0.3 is 0 Å². The largest absolute Gasteiger partial charge is 0.276 e. The Bertz CT molecular complexity index is 707. The van der Waals surface area contributed by atoms with E-state index in [1.54, 1.807) is 12.1 Å². The lowest BCUT2D eigenvalue weighted by Crippen LogP contribution is -2.32.